The highest BCUT2D eigenvalue weighted by molar-refractivity contribution is 7.91. The summed E-state index contributed by atoms with van der Waals surface area (Å²) >= 11 is 0. The molecule has 2 N–H and O–H groups in total. The third-order valence-electron chi connectivity index (χ3n) is 2.26. The zero-order valence-electron chi connectivity index (χ0n) is 6.95. The highest BCUT2D eigenvalue weighted by Gasteiger charge is 2.53. The van der Waals surface area contributed by atoms with Crippen molar-refractivity contribution in [2.45, 2.75) is 18.9 Å². The first-order valence-corrected chi connectivity index (χ1v) is 5.66. The Hall–Kier alpha value is -0.600. The van der Waals surface area contributed by atoms with Crippen molar-refractivity contribution < 1.29 is 8.42 Å². The molecule has 0 aromatic heterocycles. The molecule has 0 heterocycles. The molecule has 0 aliphatic heterocycles. The lowest BCUT2D eigenvalue weighted by Crippen LogP contribution is -2.25. The predicted octanol–water partition coefficient (Wildman–Crippen LogP) is -0.338. The molecule has 0 aromatic rings. The minimum absolute atomic E-state index is 0.0631. The fourth-order valence-corrected chi connectivity index (χ4v) is 2.38. The SMILES string of the molecule is CCS(=O)(=O)C[C@H]1C[C@]1(N)C#N. The Morgan fingerprint density at radius 3 is 2.67 bits per heavy atom. The maximum Gasteiger partial charge on any atom is 0.150 e. The Bertz CT molecular complexity index is 317. The van der Waals surface area contributed by atoms with Crippen LogP contribution in [0.5, 0.6) is 0 Å². The number of sulfone groups is 1. The highest BCUT2D eigenvalue weighted by Crippen LogP contribution is 2.41. The summed E-state index contributed by atoms with van der Waals surface area (Å²) in [5, 5.41) is 8.54. The molecule has 0 unspecified atom stereocenters. The number of hydrogen-bond acceptors (Lipinski definition) is 4. The van der Waals surface area contributed by atoms with Gasteiger partial charge in [-0.25, -0.2) is 8.42 Å². The largest absolute Gasteiger partial charge is 0.313 e. The average molecular weight is 188 g/mol. The van der Waals surface area contributed by atoms with Crippen molar-refractivity contribution in [2.75, 3.05) is 11.5 Å². The second kappa shape index (κ2) is 2.71. The molecule has 1 rings (SSSR count). The van der Waals surface area contributed by atoms with Crippen LogP contribution in [0.4, 0.5) is 0 Å². The summed E-state index contributed by atoms with van der Waals surface area (Å²) in [4.78, 5) is 0. The maximum atomic E-state index is 11.1. The van der Waals surface area contributed by atoms with Crippen molar-refractivity contribution in [1.82, 2.24) is 0 Å². The van der Waals surface area contributed by atoms with E-state index in [0.717, 1.165) is 0 Å². The molecule has 1 fully saturated rings. The monoisotopic (exact) mass is 188 g/mol. The standard InChI is InChI=1S/C7H12N2O2S/c1-2-12(10,11)4-6-3-7(6,9)5-8/h6H,2-4,9H2,1H3/t6-,7+/m1/s1. The zero-order chi connectivity index (χ0) is 9.41. The van der Waals surface area contributed by atoms with E-state index >= 15 is 0 Å². The number of nitrogens with zero attached hydrogens (tertiary/aromatic N) is 1. The lowest BCUT2D eigenvalue weighted by Gasteiger charge is -2.00. The maximum absolute atomic E-state index is 11.1. The molecule has 1 aliphatic rings. The van der Waals surface area contributed by atoms with E-state index in [4.69, 9.17) is 11.0 Å². The zero-order valence-corrected chi connectivity index (χ0v) is 7.76. The summed E-state index contributed by atoms with van der Waals surface area (Å²) in [6.45, 7) is 1.60. The number of rotatable bonds is 3. The Balaban J connectivity index is 2.55. The first-order chi connectivity index (χ1) is 5.43. The van der Waals surface area contributed by atoms with Crippen molar-refractivity contribution in [1.29, 1.82) is 5.26 Å². The normalized spacial score (nSPS) is 34.2. The molecular formula is C7H12N2O2S. The minimum atomic E-state index is -2.97. The second-order valence-corrected chi connectivity index (χ2v) is 5.65. The Morgan fingerprint density at radius 1 is 1.75 bits per heavy atom. The van der Waals surface area contributed by atoms with Crippen molar-refractivity contribution in [3.63, 3.8) is 0 Å². The molecule has 0 saturated heterocycles. The summed E-state index contributed by atoms with van der Waals surface area (Å²) < 4.78 is 22.2. The van der Waals surface area contributed by atoms with Gasteiger partial charge in [-0.1, -0.05) is 6.92 Å². The van der Waals surface area contributed by atoms with Gasteiger partial charge < -0.3 is 5.73 Å². The molecule has 0 amide bonds. The molecule has 0 spiro atoms. The van der Waals surface area contributed by atoms with Crippen molar-refractivity contribution in [2.24, 2.45) is 11.7 Å². The Morgan fingerprint density at radius 2 is 2.33 bits per heavy atom. The van der Waals surface area contributed by atoms with Gasteiger partial charge in [-0.2, -0.15) is 5.26 Å². The van der Waals surface area contributed by atoms with Gasteiger partial charge in [0.2, 0.25) is 0 Å². The summed E-state index contributed by atoms with van der Waals surface area (Å²) in [6, 6.07) is 1.93. The Labute approximate surface area is 72.3 Å². The van der Waals surface area contributed by atoms with Gasteiger partial charge in [0.25, 0.3) is 0 Å². The Kier molecular flexibility index (Phi) is 2.15. The van der Waals surface area contributed by atoms with Crippen LogP contribution in [0.15, 0.2) is 0 Å². The molecule has 68 valence electrons. The average Bonchev–Trinajstić information content (AvgIpc) is 2.62. The van der Waals surface area contributed by atoms with E-state index in [1.165, 1.54) is 0 Å². The van der Waals surface area contributed by atoms with Crippen LogP contribution in [0.1, 0.15) is 13.3 Å². The third kappa shape index (κ3) is 1.76. The second-order valence-electron chi connectivity index (χ2n) is 3.25. The number of hydrogen-bond donors (Lipinski definition) is 1. The van der Waals surface area contributed by atoms with Crippen molar-refractivity contribution >= 4 is 9.84 Å². The number of nitrogens with two attached hydrogens (primary N) is 1. The molecule has 0 radical (unpaired) electrons. The van der Waals surface area contributed by atoms with Crippen LogP contribution in [0.3, 0.4) is 0 Å². The first kappa shape index (κ1) is 9.49. The predicted molar refractivity (Wildman–Crippen MR) is 45.0 cm³/mol. The van der Waals surface area contributed by atoms with Crippen molar-refractivity contribution in [3.05, 3.63) is 0 Å². The van der Waals surface area contributed by atoms with E-state index in [2.05, 4.69) is 0 Å². The molecular weight excluding hydrogens is 176 g/mol. The first-order valence-electron chi connectivity index (χ1n) is 3.84. The van der Waals surface area contributed by atoms with Gasteiger partial charge in [-0.05, 0) is 6.42 Å². The topological polar surface area (TPSA) is 83.9 Å². The van der Waals surface area contributed by atoms with Crippen molar-refractivity contribution in [3.8, 4) is 6.07 Å². The van der Waals surface area contributed by atoms with Gasteiger partial charge in [-0.15, -0.1) is 0 Å². The van der Waals surface area contributed by atoms with E-state index in [0.29, 0.717) is 6.42 Å². The van der Waals surface area contributed by atoms with Gasteiger partial charge in [-0.3, -0.25) is 0 Å². The molecule has 0 bridgehead atoms. The van der Waals surface area contributed by atoms with Gasteiger partial charge in [0, 0.05) is 11.7 Å². The van der Waals surface area contributed by atoms with Crippen LogP contribution in [0.25, 0.3) is 0 Å². The fourth-order valence-electron chi connectivity index (χ4n) is 1.12. The fraction of sp³-hybridized carbons (Fsp3) is 0.857. The summed E-state index contributed by atoms with van der Waals surface area (Å²) in [6.07, 6.45) is 0.517. The van der Waals surface area contributed by atoms with Crippen LogP contribution in [0.2, 0.25) is 0 Å². The van der Waals surface area contributed by atoms with Crippen LogP contribution in [0, 0.1) is 17.2 Å². The molecule has 1 aliphatic carbocycles. The quantitative estimate of drug-likeness (QED) is 0.656. The van der Waals surface area contributed by atoms with Crippen LogP contribution in [-0.2, 0) is 9.84 Å². The van der Waals surface area contributed by atoms with E-state index in [-0.39, 0.29) is 17.4 Å². The highest BCUT2D eigenvalue weighted by atomic mass is 32.2. The van der Waals surface area contributed by atoms with Crippen LogP contribution in [-0.4, -0.2) is 25.5 Å². The van der Waals surface area contributed by atoms with Gasteiger partial charge in [0.15, 0.2) is 0 Å². The summed E-state index contributed by atoms with van der Waals surface area (Å²) in [7, 11) is -2.97. The summed E-state index contributed by atoms with van der Waals surface area (Å²) in [5.41, 5.74) is 4.67. The van der Waals surface area contributed by atoms with E-state index in [1.807, 2.05) is 6.07 Å². The van der Waals surface area contributed by atoms with E-state index < -0.39 is 15.4 Å². The van der Waals surface area contributed by atoms with Gasteiger partial charge in [0.05, 0.1) is 11.8 Å². The van der Waals surface area contributed by atoms with E-state index in [9.17, 15) is 8.42 Å². The minimum Gasteiger partial charge on any atom is -0.313 e. The van der Waals surface area contributed by atoms with E-state index in [1.54, 1.807) is 6.92 Å². The molecule has 4 nitrogen and oxygen atoms in total. The van der Waals surface area contributed by atoms with Crippen LogP contribution >= 0.6 is 0 Å². The molecule has 2 atom stereocenters. The smallest absolute Gasteiger partial charge is 0.150 e. The molecule has 1 saturated carbocycles. The molecule has 0 aromatic carbocycles. The summed E-state index contributed by atoms with van der Waals surface area (Å²) in [5.74, 6) is 0.0471. The number of nitriles is 1. The third-order valence-corrected chi connectivity index (χ3v) is 4.05. The van der Waals surface area contributed by atoms with Crippen LogP contribution < -0.4 is 5.73 Å². The van der Waals surface area contributed by atoms with Gasteiger partial charge in [0.1, 0.15) is 15.4 Å². The molecule has 12 heavy (non-hydrogen) atoms. The van der Waals surface area contributed by atoms with Gasteiger partial charge >= 0.3 is 0 Å². The lowest BCUT2D eigenvalue weighted by atomic mass is 10.3. The lowest BCUT2D eigenvalue weighted by molar-refractivity contribution is 0.590. The molecule has 5 heteroatoms.